The molecule has 5 nitrogen and oxygen atoms in total. The quantitative estimate of drug-likeness (QED) is 0.584. The average Bonchev–Trinajstić information content (AvgIpc) is 2.73. The Labute approximate surface area is 103 Å². The lowest BCUT2D eigenvalue weighted by atomic mass is 10.1. The maximum Gasteiger partial charge on any atom is 0.234 e. The maximum atomic E-state index is 11.6. The van der Waals surface area contributed by atoms with E-state index in [0.29, 0.717) is 19.1 Å². The number of hydrogen-bond donors (Lipinski definition) is 3. The molecule has 1 aliphatic carbocycles. The predicted octanol–water partition coefficient (Wildman–Crippen LogP) is -0.112. The standard InChI is InChI=1S/C12H24N2O3/c1-9(8-17-2)14-12(16)6-13-11-5-3-4-10(11)7-15/h9-11,13,15H,3-8H2,1-2H3,(H,14,16). The summed E-state index contributed by atoms with van der Waals surface area (Å²) in [7, 11) is 1.62. The van der Waals surface area contributed by atoms with Gasteiger partial charge in [0.25, 0.3) is 0 Å². The summed E-state index contributed by atoms with van der Waals surface area (Å²) in [4.78, 5) is 11.6. The molecule has 3 unspecified atom stereocenters. The van der Waals surface area contributed by atoms with Gasteiger partial charge in [-0.15, -0.1) is 0 Å². The van der Waals surface area contributed by atoms with Gasteiger partial charge >= 0.3 is 0 Å². The fraction of sp³-hybridized carbons (Fsp3) is 0.917. The molecular weight excluding hydrogens is 220 g/mol. The van der Waals surface area contributed by atoms with Crippen LogP contribution in [-0.4, -0.2) is 50.0 Å². The lowest BCUT2D eigenvalue weighted by Crippen LogP contribution is -2.44. The minimum absolute atomic E-state index is 0.0156. The van der Waals surface area contributed by atoms with Crippen molar-refractivity contribution in [3.05, 3.63) is 0 Å². The molecule has 0 saturated heterocycles. The van der Waals surface area contributed by atoms with Gasteiger partial charge in [-0.1, -0.05) is 6.42 Å². The second kappa shape index (κ2) is 7.63. The predicted molar refractivity (Wildman–Crippen MR) is 65.7 cm³/mol. The molecule has 17 heavy (non-hydrogen) atoms. The Morgan fingerprint density at radius 1 is 1.53 bits per heavy atom. The number of methoxy groups -OCH3 is 1. The summed E-state index contributed by atoms with van der Waals surface area (Å²) < 4.78 is 4.95. The largest absolute Gasteiger partial charge is 0.396 e. The lowest BCUT2D eigenvalue weighted by molar-refractivity contribution is -0.121. The minimum Gasteiger partial charge on any atom is -0.396 e. The Bertz CT molecular complexity index is 236. The summed E-state index contributed by atoms with van der Waals surface area (Å²) in [6.45, 7) is 2.95. The van der Waals surface area contributed by atoms with Gasteiger partial charge in [0.15, 0.2) is 0 Å². The Morgan fingerprint density at radius 2 is 2.29 bits per heavy atom. The summed E-state index contributed by atoms with van der Waals surface area (Å²) >= 11 is 0. The molecule has 3 atom stereocenters. The fourth-order valence-corrected chi connectivity index (χ4v) is 2.37. The van der Waals surface area contributed by atoms with Crippen LogP contribution in [0.4, 0.5) is 0 Å². The fourth-order valence-electron chi connectivity index (χ4n) is 2.37. The van der Waals surface area contributed by atoms with Crippen LogP contribution < -0.4 is 10.6 Å². The molecule has 3 N–H and O–H groups in total. The van der Waals surface area contributed by atoms with Gasteiger partial charge < -0.3 is 20.5 Å². The molecule has 0 spiro atoms. The van der Waals surface area contributed by atoms with Crippen LogP contribution in [0.3, 0.4) is 0 Å². The highest BCUT2D eigenvalue weighted by Crippen LogP contribution is 2.24. The first-order valence-corrected chi connectivity index (χ1v) is 6.30. The maximum absolute atomic E-state index is 11.6. The van der Waals surface area contributed by atoms with E-state index in [9.17, 15) is 4.79 Å². The molecule has 0 aromatic carbocycles. The van der Waals surface area contributed by atoms with E-state index >= 15 is 0 Å². The number of ether oxygens (including phenoxy) is 1. The van der Waals surface area contributed by atoms with Crippen molar-refractivity contribution in [2.45, 2.75) is 38.3 Å². The van der Waals surface area contributed by atoms with Gasteiger partial charge in [0, 0.05) is 25.8 Å². The Morgan fingerprint density at radius 3 is 2.94 bits per heavy atom. The highest BCUT2D eigenvalue weighted by Gasteiger charge is 2.26. The van der Waals surface area contributed by atoms with E-state index < -0.39 is 0 Å². The van der Waals surface area contributed by atoms with Crippen LogP contribution in [0.2, 0.25) is 0 Å². The number of hydrogen-bond acceptors (Lipinski definition) is 4. The molecule has 1 rings (SSSR count). The number of carbonyl (C=O) groups is 1. The third kappa shape index (κ3) is 5.02. The normalized spacial score (nSPS) is 25.8. The van der Waals surface area contributed by atoms with E-state index in [4.69, 9.17) is 9.84 Å². The van der Waals surface area contributed by atoms with Crippen LogP contribution in [0.5, 0.6) is 0 Å². The van der Waals surface area contributed by atoms with Crippen LogP contribution >= 0.6 is 0 Å². The summed E-state index contributed by atoms with van der Waals surface area (Å²) in [5, 5.41) is 15.2. The Balaban J connectivity index is 2.19. The zero-order chi connectivity index (χ0) is 12.7. The highest BCUT2D eigenvalue weighted by atomic mass is 16.5. The third-order valence-corrected chi connectivity index (χ3v) is 3.24. The third-order valence-electron chi connectivity index (χ3n) is 3.24. The first-order valence-electron chi connectivity index (χ1n) is 6.30. The van der Waals surface area contributed by atoms with Crippen molar-refractivity contribution in [2.24, 2.45) is 5.92 Å². The molecule has 1 saturated carbocycles. The molecule has 0 aromatic heterocycles. The van der Waals surface area contributed by atoms with Crippen LogP contribution in [0.25, 0.3) is 0 Å². The number of carbonyl (C=O) groups excluding carboxylic acids is 1. The molecule has 0 heterocycles. The van der Waals surface area contributed by atoms with Crippen LogP contribution in [0, 0.1) is 5.92 Å². The van der Waals surface area contributed by atoms with Crippen LogP contribution in [0.15, 0.2) is 0 Å². The van der Waals surface area contributed by atoms with Gasteiger partial charge in [0.05, 0.1) is 13.2 Å². The summed E-state index contributed by atoms with van der Waals surface area (Å²) in [5.74, 6) is 0.289. The molecule has 100 valence electrons. The summed E-state index contributed by atoms with van der Waals surface area (Å²) in [5.41, 5.74) is 0. The lowest BCUT2D eigenvalue weighted by Gasteiger charge is -2.19. The highest BCUT2D eigenvalue weighted by molar-refractivity contribution is 5.78. The van der Waals surface area contributed by atoms with Gasteiger partial charge in [-0.3, -0.25) is 4.79 Å². The van der Waals surface area contributed by atoms with Crippen molar-refractivity contribution in [3.63, 3.8) is 0 Å². The zero-order valence-corrected chi connectivity index (χ0v) is 10.7. The number of aliphatic hydroxyl groups is 1. The molecule has 0 aromatic rings. The molecule has 1 fully saturated rings. The van der Waals surface area contributed by atoms with Gasteiger partial charge in [-0.2, -0.15) is 0 Å². The molecule has 5 heteroatoms. The minimum atomic E-state index is -0.0156. The van der Waals surface area contributed by atoms with Crippen molar-refractivity contribution in [3.8, 4) is 0 Å². The van der Waals surface area contributed by atoms with Crippen molar-refractivity contribution in [2.75, 3.05) is 26.9 Å². The topological polar surface area (TPSA) is 70.6 Å². The monoisotopic (exact) mass is 244 g/mol. The smallest absolute Gasteiger partial charge is 0.234 e. The molecule has 1 amide bonds. The van der Waals surface area contributed by atoms with Crippen molar-refractivity contribution < 1.29 is 14.6 Å². The average molecular weight is 244 g/mol. The number of aliphatic hydroxyl groups excluding tert-OH is 1. The van der Waals surface area contributed by atoms with Gasteiger partial charge in [-0.05, 0) is 25.7 Å². The molecule has 0 radical (unpaired) electrons. The van der Waals surface area contributed by atoms with Crippen molar-refractivity contribution in [1.29, 1.82) is 0 Å². The zero-order valence-electron chi connectivity index (χ0n) is 10.7. The van der Waals surface area contributed by atoms with E-state index in [1.54, 1.807) is 7.11 Å². The van der Waals surface area contributed by atoms with Gasteiger partial charge in [-0.25, -0.2) is 0 Å². The summed E-state index contributed by atoms with van der Waals surface area (Å²) in [6.07, 6.45) is 3.23. The van der Waals surface area contributed by atoms with Crippen molar-refractivity contribution >= 4 is 5.91 Å². The van der Waals surface area contributed by atoms with E-state index in [0.717, 1.165) is 19.3 Å². The Hall–Kier alpha value is -0.650. The number of amides is 1. The second-order valence-corrected chi connectivity index (χ2v) is 4.78. The van der Waals surface area contributed by atoms with Crippen LogP contribution in [-0.2, 0) is 9.53 Å². The van der Waals surface area contributed by atoms with E-state index in [2.05, 4.69) is 10.6 Å². The summed E-state index contributed by atoms with van der Waals surface area (Å²) in [6, 6.07) is 0.315. The second-order valence-electron chi connectivity index (χ2n) is 4.78. The number of nitrogens with one attached hydrogen (secondary N) is 2. The Kier molecular flexibility index (Phi) is 6.47. The molecule has 0 bridgehead atoms. The molecular formula is C12H24N2O3. The van der Waals surface area contributed by atoms with Gasteiger partial charge in [0.2, 0.25) is 5.91 Å². The first-order chi connectivity index (χ1) is 8.17. The van der Waals surface area contributed by atoms with E-state index in [-0.39, 0.29) is 24.6 Å². The number of rotatable bonds is 7. The molecule has 0 aliphatic heterocycles. The first kappa shape index (κ1) is 14.4. The van der Waals surface area contributed by atoms with Gasteiger partial charge in [0.1, 0.15) is 0 Å². The van der Waals surface area contributed by atoms with Crippen molar-refractivity contribution in [1.82, 2.24) is 10.6 Å². The molecule has 1 aliphatic rings. The SMILES string of the molecule is COCC(C)NC(=O)CNC1CCCC1CO. The van der Waals surface area contributed by atoms with E-state index in [1.165, 1.54) is 0 Å². The van der Waals surface area contributed by atoms with E-state index in [1.807, 2.05) is 6.92 Å². The van der Waals surface area contributed by atoms with Crippen LogP contribution in [0.1, 0.15) is 26.2 Å².